The van der Waals surface area contributed by atoms with Gasteiger partial charge in [0.25, 0.3) is 5.91 Å². The van der Waals surface area contributed by atoms with Crippen LogP contribution in [0, 0.1) is 5.82 Å². The van der Waals surface area contributed by atoms with Gasteiger partial charge in [0, 0.05) is 19.0 Å². The number of imidazole rings is 1. The predicted molar refractivity (Wildman–Crippen MR) is 120 cm³/mol. The molecular formula is C24H19F4N5O3. The highest BCUT2D eigenvalue weighted by Crippen LogP contribution is 2.43. The predicted octanol–water partition coefficient (Wildman–Crippen LogP) is 4.03. The zero-order valence-corrected chi connectivity index (χ0v) is 18.8. The summed E-state index contributed by atoms with van der Waals surface area (Å²) in [5.74, 6) is -1.49. The van der Waals surface area contributed by atoms with Gasteiger partial charge in [0.2, 0.25) is 0 Å². The van der Waals surface area contributed by atoms with Crippen molar-refractivity contribution >= 4 is 28.3 Å². The number of morpholine rings is 1. The molecule has 1 saturated heterocycles. The Balaban J connectivity index is 1.41. The minimum Gasteiger partial charge on any atom is -0.406 e. The second-order valence-electron chi connectivity index (χ2n) is 8.97. The maximum Gasteiger partial charge on any atom is 0.573 e. The van der Waals surface area contributed by atoms with E-state index in [0.717, 1.165) is 6.07 Å². The summed E-state index contributed by atoms with van der Waals surface area (Å²) >= 11 is 0. The lowest BCUT2D eigenvalue weighted by Gasteiger charge is -2.41. The molecule has 0 spiro atoms. The van der Waals surface area contributed by atoms with Crippen LogP contribution in [0.5, 0.6) is 5.75 Å². The number of fused-ring (bicyclic) bond motifs is 6. The highest BCUT2D eigenvalue weighted by atomic mass is 19.4. The summed E-state index contributed by atoms with van der Waals surface area (Å²) in [6, 6.07) is 6.00. The van der Waals surface area contributed by atoms with E-state index in [1.165, 1.54) is 41.7 Å². The van der Waals surface area contributed by atoms with Gasteiger partial charge in [0.1, 0.15) is 22.9 Å². The van der Waals surface area contributed by atoms with Crippen LogP contribution in [0.3, 0.4) is 0 Å². The minimum absolute atomic E-state index is 0.164. The van der Waals surface area contributed by atoms with Gasteiger partial charge in [0.15, 0.2) is 0 Å². The minimum atomic E-state index is -4.82. The third kappa shape index (κ3) is 3.60. The topological polar surface area (TPSA) is 95.0 Å². The van der Waals surface area contributed by atoms with Gasteiger partial charge in [-0.2, -0.15) is 0 Å². The van der Waals surface area contributed by atoms with Crippen molar-refractivity contribution in [1.82, 2.24) is 19.3 Å². The maximum absolute atomic E-state index is 15.2. The number of aromatic nitrogens is 3. The number of carbonyl (C=O) groups excluding carboxylic acids is 1. The zero-order chi connectivity index (χ0) is 25.4. The molecule has 0 radical (unpaired) electrons. The van der Waals surface area contributed by atoms with Crippen LogP contribution in [0.25, 0.3) is 16.6 Å². The molecular weight excluding hydrogens is 482 g/mol. The van der Waals surface area contributed by atoms with Crippen molar-refractivity contribution in [3.05, 3.63) is 65.4 Å². The van der Waals surface area contributed by atoms with E-state index >= 15 is 4.39 Å². The number of nitrogen functional groups attached to an aromatic ring is 1. The fourth-order valence-corrected chi connectivity index (χ4v) is 5.22. The van der Waals surface area contributed by atoms with Crippen molar-refractivity contribution < 1.29 is 31.8 Å². The van der Waals surface area contributed by atoms with Crippen molar-refractivity contribution in [2.45, 2.75) is 38.0 Å². The van der Waals surface area contributed by atoms with Gasteiger partial charge >= 0.3 is 6.36 Å². The lowest BCUT2D eigenvalue weighted by molar-refractivity contribution is -0.274. The highest BCUT2D eigenvalue weighted by molar-refractivity contribution is 5.99. The largest absolute Gasteiger partial charge is 0.573 e. The molecule has 8 nitrogen and oxygen atoms in total. The number of anilines is 1. The molecule has 1 aliphatic heterocycles. The van der Waals surface area contributed by atoms with Crippen LogP contribution in [0.4, 0.5) is 23.4 Å². The molecule has 4 aromatic rings. The molecule has 1 aliphatic carbocycles. The third-order valence-corrected chi connectivity index (χ3v) is 6.59. The van der Waals surface area contributed by atoms with Crippen LogP contribution >= 0.6 is 0 Å². The number of nitrogens with two attached hydrogens (primary N) is 1. The number of alkyl halides is 3. The molecule has 2 aliphatic rings. The molecule has 3 atom stereocenters. The first-order valence-electron chi connectivity index (χ1n) is 11.1. The number of hydrogen-bond acceptors (Lipinski definition) is 6. The smallest absolute Gasteiger partial charge is 0.406 e. The average molecular weight is 501 g/mol. The number of benzene rings is 2. The lowest BCUT2D eigenvalue weighted by Crippen LogP contribution is -2.50. The number of carbonyl (C=O) groups is 1. The van der Waals surface area contributed by atoms with E-state index in [-0.39, 0.29) is 35.3 Å². The normalized spacial score (nSPS) is 21.6. The van der Waals surface area contributed by atoms with E-state index in [4.69, 9.17) is 10.5 Å². The standard InChI is InChI=1S/C24H19F4N5O3/c1-11-9-32(21-14-3-2-13(36-24(26,27)28)4-12(14)5-20(21)35-11)23(34)15-6-18-17(7-16(15)25)31-22(29)19-8-30-10-33(18)19/h2-4,6-8,10-11,20-21H,5,9H2,1H3,(H2,29,31)/t11-,20-,21+/m1/s1. The van der Waals surface area contributed by atoms with E-state index in [1.54, 1.807) is 11.3 Å². The van der Waals surface area contributed by atoms with Gasteiger partial charge in [-0.3, -0.25) is 9.20 Å². The molecule has 2 N–H and O–H groups in total. The summed E-state index contributed by atoms with van der Waals surface area (Å²) in [7, 11) is 0. The number of nitrogens with zero attached hydrogens (tertiary/aromatic N) is 4. The summed E-state index contributed by atoms with van der Waals surface area (Å²) in [5, 5.41) is 0. The Morgan fingerprint density at radius 2 is 2.03 bits per heavy atom. The van der Waals surface area contributed by atoms with Crippen molar-refractivity contribution in [2.75, 3.05) is 12.3 Å². The van der Waals surface area contributed by atoms with Crippen LogP contribution in [0.2, 0.25) is 0 Å². The molecule has 1 fully saturated rings. The van der Waals surface area contributed by atoms with Crippen molar-refractivity contribution in [3.63, 3.8) is 0 Å². The van der Waals surface area contributed by atoms with Crippen LogP contribution in [0.15, 0.2) is 42.9 Å². The summed E-state index contributed by atoms with van der Waals surface area (Å²) in [4.78, 5) is 23.5. The Morgan fingerprint density at radius 1 is 1.22 bits per heavy atom. The van der Waals surface area contributed by atoms with Crippen molar-refractivity contribution in [1.29, 1.82) is 0 Å². The second kappa shape index (κ2) is 7.79. The number of amides is 1. The molecule has 1 amide bonds. The van der Waals surface area contributed by atoms with E-state index < -0.39 is 30.2 Å². The van der Waals surface area contributed by atoms with E-state index in [1.807, 2.05) is 0 Å². The molecule has 36 heavy (non-hydrogen) atoms. The van der Waals surface area contributed by atoms with Crippen LogP contribution in [-0.2, 0) is 11.2 Å². The Kier molecular flexibility index (Phi) is 4.87. The molecule has 186 valence electrons. The van der Waals surface area contributed by atoms with Crippen molar-refractivity contribution in [2.24, 2.45) is 0 Å². The van der Waals surface area contributed by atoms with Crippen LogP contribution in [0.1, 0.15) is 34.5 Å². The molecule has 2 aromatic carbocycles. The highest BCUT2D eigenvalue weighted by Gasteiger charge is 2.45. The second-order valence-corrected chi connectivity index (χ2v) is 8.97. The van der Waals surface area contributed by atoms with Gasteiger partial charge in [-0.15, -0.1) is 13.2 Å². The summed E-state index contributed by atoms with van der Waals surface area (Å²) < 4.78 is 65.0. The summed E-state index contributed by atoms with van der Waals surface area (Å²) in [6.07, 6.45) is -2.35. The monoisotopic (exact) mass is 501 g/mol. The first kappa shape index (κ1) is 22.5. The number of ether oxygens (including phenoxy) is 2. The molecule has 0 bridgehead atoms. The van der Waals surface area contributed by atoms with Crippen LogP contribution < -0.4 is 10.5 Å². The van der Waals surface area contributed by atoms with E-state index in [9.17, 15) is 18.0 Å². The maximum atomic E-state index is 15.2. The fraction of sp³-hybridized carbons (Fsp3) is 0.292. The number of hydrogen-bond donors (Lipinski definition) is 1. The number of rotatable bonds is 2. The van der Waals surface area contributed by atoms with Gasteiger partial charge in [0.05, 0.1) is 47.4 Å². The average Bonchev–Trinajstić information content (AvgIpc) is 3.41. The first-order chi connectivity index (χ1) is 17.1. The molecule has 2 aromatic heterocycles. The van der Waals surface area contributed by atoms with E-state index in [0.29, 0.717) is 28.6 Å². The fourth-order valence-electron chi connectivity index (χ4n) is 5.22. The zero-order valence-electron chi connectivity index (χ0n) is 18.8. The van der Waals surface area contributed by atoms with Gasteiger partial charge in [-0.25, -0.2) is 14.4 Å². The lowest BCUT2D eigenvalue weighted by atomic mass is 10.0. The molecule has 0 saturated carbocycles. The number of halogens is 4. The summed E-state index contributed by atoms with van der Waals surface area (Å²) in [6.45, 7) is 1.97. The van der Waals surface area contributed by atoms with Crippen molar-refractivity contribution in [3.8, 4) is 5.75 Å². The van der Waals surface area contributed by atoms with Gasteiger partial charge in [-0.1, -0.05) is 6.07 Å². The Labute approximate surface area is 201 Å². The Morgan fingerprint density at radius 3 is 2.81 bits per heavy atom. The SMILES string of the molecule is C[C@@H]1CN(C(=O)c2cc3c(cc2F)nc(N)c2cncn23)[C@H]2c3ccc(OC(F)(F)F)cc3C[C@H]2O1. The quantitative estimate of drug-likeness (QED) is 0.417. The van der Waals surface area contributed by atoms with E-state index in [2.05, 4.69) is 14.7 Å². The Bertz CT molecular complexity index is 1540. The Hall–Kier alpha value is -3.93. The van der Waals surface area contributed by atoms with Crippen LogP contribution in [-0.4, -0.2) is 50.3 Å². The third-order valence-electron chi connectivity index (χ3n) is 6.59. The molecule has 6 rings (SSSR count). The molecule has 12 heteroatoms. The first-order valence-corrected chi connectivity index (χ1v) is 11.1. The summed E-state index contributed by atoms with van der Waals surface area (Å²) in [5.41, 5.74) is 8.25. The van der Waals surface area contributed by atoms with Gasteiger partial charge < -0.3 is 20.1 Å². The molecule has 3 heterocycles. The molecule has 0 unspecified atom stereocenters. The van der Waals surface area contributed by atoms with Gasteiger partial charge in [-0.05, 0) is 36.2 Å².